The number of ether oxygens (including phenoxy) is 1. The predicted molar refractivity (Wildman–Crippen MR) is 85.2 cm³/mol. The van der Waals surface area contributed by atoms with E-state index in [1.165, 1.54) is 0 Å². The first-order valence-electron chi connectivity index (χ1n) is 7.25. The molecule has 116 valence electrons. The summed E-state index contributed by atoms with van der Waals surface area (Å²) in [5.74, 6) is 0.834. The van der Waals surface area contributed by atoms with Crippen molar-refractivity contribution in [3.63, 3.8) is 0 Å². The Labute approximate surface area is 134 Å². The second kappa shape index (κ2) is 6.79. The molecule has 0 spiro atoms. The SMILES string of the molecule is CC1(C)C(O)CC1NC(=O)CCCOc1ccc(Br)cc1. The average Bonchev–Trinajstić information content (AvgIpc) is 2.45. The molecule has 0 aromatic heterocycles. The van der Waals surface area contributed by atoms with Gasteiger partial charge in [-0.05, 0) is 37.1 Å². The largest absolute Gasteiger partial charge is 0.494 e. The Hall–Kier alpha value is -1.07. The molecule has 1 aromatic rings. The lowest BCUT2D eigenvalue weighted by molar-refractivity contribution is -0.129. The summed E-state index contributed by atoms with van der Waals surface area (Å²) in [5.41, 5.74) is -0.219. The molecule has 2 rings (SSSR count). The second-order valence-corrected chi connectivity index (χ2v) is 7.01. The molecule has 4 nitrogen and oxygen atoms in total. The van der Waals surface area contributed by atoms with Crippen molar-refractivity contribution in [1.29, 1.82) is 0 Å². The fourth-order valence-corrected chi connectivity index (χ4v) is 2.63. The summed E-state index contributed by atoms with van der Waals surface area (Å²) in [6.07, 6.45) is 1.45. The molecule has 1 saturated carbocycles. The Kier molecular flexibility index (Phi) is 5.27. The van der Waals surface area contributed by atoms with Gasteiger partial charge in [0.05, 0.1) is 12.7 Å². The minimum Gasteiger partial charge on any atom is -0.494 e. The third-order valence-corrected chi connectivity index (χ3v) is 4.71. The van der Waals surface area contributed by atoms with Gasteiger partial charge in [0.15, 0.2) is 0 Å². The number of carbonyl (C=O) groups is 1. The van der Waals surface area contributed by atoms with E-state index in [1.807, 2.05) is 38.1 Å². The Bertz CT molecular complexity index is 487. The van der Waals surface area contributed by atoms with Crippen LogP contribution in [-0.2, 0) is 4.79 Å². The van der Waals surface area contributed by atoms with Crippen LogP contribution in [-0.4, -0.2) is 29.8 Å². The third kappa shape index (κ3) is 4.20. The lowest BCUT2D eigenvalue weighted by Gasteiger charge is -2.49. The number of halogens is 1. The van der Waals surface area contributed by atoms with Crippen molar-refractivity contribution in [3.8, 4) is 5.75 Å². The molecule has 1 fully saturated rings. The zero-order valence-corrected chi connectivity index (χ0v) is 14.0. The van der Waals surface area contributed by atoms with Gasteiger partial charge >= 0.3 is 0 Å². The van der Waals surface area contributed by atoms with Crippen molar-refractivity contribution in [2.24, 2.45) is 5.41 Å². The van der Waals surface area contributed by atoms with Crippen molar-refractivity contribution in [2.75, 3.05) is 6.61 Å². The molecule has 21 heavy (non-hydrogen) atoms. The van der Waals surface area contributed by atoms with Crippen LogP contribution >= 0.6 is 15.9 Å². The number of nitrogens with one attached hydrogen (secondary N) is 1. The van der Waals surface area contributed by atoms with Gasteiger partial charge in [-0.25, -0.2) is 0 Å². The fraction of sp³-hybridized carbons (Fsp3) is 0.562. The monoisotopic (exact) mass is 355 g/mol. The van der Waals surface area contributed by atoms with Gasteiger partial charge in [-0.1, -0.05) is 29.8 Å². The topological polar surface area (TPSA) is 58.6 Å². The quantitative estimate of drug-likeness (QED) is 0.771. The zero-order chi connectivity index (χ0) is 15.5. The van der Waals surface area contributed by atoms with E-state index < -0.39 is 0 Å². The van der Waals surface area contributed by atoms with Crippen LogP contribution in [0.15, 0.2) is 28.7 Å². The first-order chi connectivity index (χ1) is 9.89. The van der Waals surface area contributed by atoms with Crippen LogP contribution in [0.5, 0.6) is 5.75 Å². The van der Waals surface area contributed by atoms with E-state index in [0.717, 1.165) is 10.2 Å². The third-order valence-electron chi connectivity index (χ3n) is 4.18. The normalized spacial score (nSPS) is 23.2. The maximum Gasteiger partial charge on any atom is 0.220 e. The van der Waals surface area contributed by atoms with Crippen LogP contribution in [0, 0.1) is 5.41 Å². The van der Waals surface area contributed by atoms with Gasteiger partial charge in [0.1, 0.15) is 5.75 Å². The van der Waals surface area contributed by atoms with E-state index in [1.54, 1.807) is 0 Å². The highest BCUT2D eigenvalue weighted by molar-refractivity contribution is 9.10. The molecule has 0 saturated heterocycles. The highest BCUT2D eigenvalue weighted by Crippen LogP contribution is 2.40. The van der Waals surface area contributed by atoms with Crippen LogP contribution < -0.4 is 10.1 Å². The van der Waals surface area contributed by atoms with Gasteiger partial charge in [-0.2, -0.15) is 0 Å². The lowest BCUT2D eigenvalue weighted by atomic mass is 9.64. The Balaban J connectivity index is 1.63. The number of carbonyl (C=O) groups excluding carboxylic acids is 1. The summed E-state index contributed by atoms with van der Waals surface area (Å²) in [4.78, 5) is 11.8. The summed E-state index contributed by atoms with van der Waals surface area (Å²) in [6, 6.07) is 7.70. The van der Waals surface area contributed by atoms with E-state index in [4.69, 9.17) is 4.74 Å². The van der Waals surface area contributed by atoms with Crippen molar-refractivity contribution in [1.82, 2.24) is 5.32 Å². The van der Waals surface area contributed by atoms with Crippen LogP contribution in [0.2, 0.25) is 0 Å². The number of aliphatic hydroxyl groups is 1. The zero-order valence-electron chi connectivity index (χ0n) is 12.4. The van der Waals surface area contributed by atoms with E-state index in [-0.39, 0.29) is 23.5 Å². The smallest absolute Gasteiger partial charge is 0.220 e. The number of aliphatic hydroxyl groups excluding tert-OH is 1. The number of rotatable bonds is 6. The van der Waals surface area contributed by atoms with Crippen molar-refractivity contribution in [2.45, 2.75) is 45.3 Å². The first-order valence-corrected chi connectivity index (χ1v) is 8.04. The molecule has 2 atom stereocenters. The summed E-state index contributed by atoms with van der Waals surface area (Å²) in [5, 5.41) is 12.6. The number of amides is 1. The van der Waals surface area contributed by atoms with E-state index in [2.05, 4.69) is 21.2 Å². The first kappa shape index (κ1) is 16.3. The maximum absolute atomic E-state index is 11.8. The van der Waals surface area contributed by atoms with Gasteiger partial charge in [0, 0.05) is 22.4 Å². The Morgan fingerprint density at radius 1 is 1.43 bits per heavy atom. The van der Waals surface area contributed by atoms with Crippen LogP contribution in [0.1, 0.15) is 33.1 Å². The molecule has 1 aliphatic carbocycles. The summed E-state index contributed by atoms with van der Waals surface area (Å²) >= 11 is 3.37. The molecule has 5 heteroatoms. The van der Waals surface area contributed by atoms with Gasteiger partial charge in [-0.3, -0.25) is 4.79 Å². The van der Waals surface area contributed by atoms with Gasteiger partial charge in [0.2, 0.25) is 5.91 Å². The van der Waals surface area contributed by atoms with Crippen molar-refractivity contribution >= 4 is 21.8 Å². The number of hydrogen-bond donors (Lipinski definition) is 2. The van der Waals surface area contributed by atoms with Crippen LogP contribution in [0.3, 0.4) is 0 Å². The van der Waals surface area contributed by atoms with E-state index in [0.29, 0.717) is 25.9 Å². The molecular weight excluding hydrogens is 334 g/mol. The van der Waals surface area contributed by atoms with Gasteiger partial charge < -0.3 is 15.2 Å². The Morgan fingerprint density at radius 3 is 2.67 bits per heavy atom. The maximum atomic E-state index is 11.8. The van der Waals surface area contributed by atoms with Crippen molar-refractivity contribution < 1.29 is 14.6 Å². The summed E-state index contributed by atoms with van der Waals surface area (Å²) in [6.45, 7) is 4.47. The Morgan fingerprint density at radius 2 is 2.10 bits per heavy atom. The molecule has 1 aromatic carbocycles. The number of hydrogen-bond acceptors (Lipinski definition) is 3. The highest BCUT2D eigenvalue weighted by Gasteiger charge is 2.47. The highest BCUT2D eigenvalue weighted by atomic mass is 79.9. The van der Waals surface area contributed by atoms with E-state index >= 15 is 0 Å². The minimum atomic E-state index is -0.316. The molecule has 2 N–H and O–H groups in total. The lowest BCUT2D eigenvalue weighted by Crippen LogP contribution is -2.61. The summed E-state index contributed by atoms with van der Waals surface area (Å²) < 4.78 is 6.59. The molecule has 0 radical (unpaired) electrons. The predicted octanol–water partition coefficient (Wildman–Crippen LogP) is 2.88. The van der Waals surface area contributed by atoms with Crippen LogP contribution in [0.4, 0.5) is 0 Å². The number of benzene rings is 1. The molecule has 2 unspecified atom stereocenters. The van der Waals surface area contributed by atoms with Crippen LogP contribution in [0.25, 0.3) is 0 Å². The second-order valence-electron chi connectivity index (χ2n) is 6.10. The molecule has 1 aliphatic rings. The fourth-order valence-electron chi connectivity index (χ4n) is 2.37. The minimum absolute atomic E-state index is 0.0272. The van der Waals surface area contributed by atoms with E-state index in [9.17, 15) is 9.90 Å². The summed E-state index contributed by atoms with van der Waals surface area (Å²) in [7, 11) is 0. The standard InChI is InChI=1S/C16H22BrNO3/c1-16(2)13(10-14(16)19)18-15(20)4-3-9-21-12-7-5-11(17)6-8-12/h5-8,13-14,19H,3-4,9-10H2,1-2H3,(H,18,20). The molecule has 1 amide bonds. The molecule has 0 heterocycles. The molecule has 0 bridgehead atoms. The van der Waals surface area contributed by atoms with Crippen molar-refractivity contribution in [3.05, 3.63) is 28.7 Å². The average molecular weight is 356 g/mol. The molecular formula is C16H22BrNO3. The van der Waals surface area contributed by atoms with Gasteiger partial charge in [0.25, 0.3) is 0 Å². The molecule has 0 aliphatic heterocycles. The van der Waals surface area contributed by atoms with Gasteiger partial charge in [-0.15, -0.1) is 0 Å².